The average molecular weight is 116 g/mol. The van der Waals surface area contributed by atoms with Gasteiger partial charge < -0.3 is 5.73 Å². The van der Waals surface area contributed by atoms with Crippen molar-refractivity contribution in [2.75, 3.05) is 0 Å². The van der Waals surface area contributed by atoms with Gasteiger partial charge in [-0.15, -0.1) is 0 Å². The Balaban J connectivity index is 0. The molecule has 3 heteroatoms. The van der Waals surface area contributed by atoms with Crippen molar-refractivity contribution in [1.82, 2.24) is 0 Å². The molecule has 0 heterocycles. The summed E-state index contributed by atoms with van der Waals surface area (Å²) in [5, 5.41) is 0. The first kappa shape index (κ1) is 8.83. The first-order chi connectivity index (χ1) is 1.41. The van der Waals surface area contributed by atoms with Crippen molar-refractivity contribution in [3.63, 3.8) is 0 Å². The van der Waals surface area contributed by atoms with Gasteiger partial charge >= 0.3 is 0 Å². The fourth-order valence-corrected chi connectivity index (χ4v) is 0. The van der Waals surface area contributed by atoms with Crippen molar-refractivity contribution in [2.45, 2.75) is 0 Å². The third-order valence-electron chi connectivity index (χ3n) is 0. The molecule has 4 heavy (non-hydrogen) atoms. The Hall–Kier alpha value is 0.409. The van der Waals surface area contributed by atoms with E-state index in [-0.39, 0.29) is 17.1 Å². The third kappa shape index (κ3) is 28.5. The second-order valence-corrected chi connectivity index (χ2v) is 0.408. The van der Waals surface area contributed by atoms with Crippen LogP contribution in [0, 0.1) is 0 Å². The molecule has 0 aliphatic rings. The van der Waals surface area contributed by atoms with Gasteiger partial charge in [-0.05, 0) is 0 Å². The van der Waals surface area contributed by atoms with Crippen LogP contribution < -0.4 is 5.73 Å². The Labute approximate surface area is 41.0 Å². The van der Waals surface area contributed by atoms with Crippen molar-refractivity contribution in [3.8, 4) is 0 Å². The summed E-state index contributed by atoms with van der Waals surface area (Å²) in [5.74, 6) is 0. The molecule has 2 N–H and O–H groups in total. The minimum atomic E-state index is 0. The Morgan fingerprint density at radius 2 is 1.75 bits per heavy atom. The quantitative estimate of drug-likeness (QED) is 0.353. The van der Waals surface area contributed by atoms with E-state index in [0.717, 1.165) is 5.49 Å². The van der Waals surface area contributed by atoms with Crippen LogP contribution >= 0.6 is 12.2 Å². The Morgan fingerprint density at radius 3 is 1.75 bits per heavy atom. The van der Waals surface area contributed by atoms with Gasteiger partial charge in [-0.1, -0.05) is 12.2 Å². The SMILES string of the molecule is NC=S.[Mn]. The molecular weight excluding hydrogens is 113 g/mol. The van der Waals surface area contributed by atoms with E-state index in [4.69, 9.17) is 0 Å². The molecular formula is CH3MnNS. The molecule has 0 spiro atoms. The number of hydrogen-bond donors (Lipinski definition) is 1. The van der Waals surface area contributed by atoms with Gasteiger partial charge in [0.2, 0.25) is 0 Å². The van der Waals surface area contributed by atoms with E-state index in [2.05, 4.69) is 18.0 Å². The maximum absolute atomic E-state index is 4.54. The summed E-state index contributed by atoms with van der Waals surface area (Å²) in [5.41, 5.74) is 5.62. The number of nitrogens with two attached hydrogens (primary N) is 1. The smallest absolute Gasteiger partial charge is 0.0588 e. The molecule has 0 bridgehead atoms. The summed E-state index contributed by atoms with van der Waals surface area (Å²) in [7, 11) is 0. The van der Waals surface area contributed by atoms with Gasteiger partial charge in [-0.2, -0.15) is 0 Å². The van der Waals surface area contributed by atoms with Gasteiger partial charge in [0.25, 0.3) is 0 Å². The number of hydrogen-bond acceptors (Lipinski definition) is 1. The van der Waals surface area contributed by atoms with Crippen LogP contribution in [0.4, 0.5) is 0 Å². The van der Waals surface area contributed by atoms with Crippen molar-refractivity contribution >= 4 is 17.7 Å². The summed E-state index contributed by atoms with van der Waals surface area (Å²) in [4.78, 5) is 0. The standard InChI is InChI=1S/CH3NS.Mn/c2-1-3;/h1H,(H2,2,3);. The number of rotatable bonds is 0. The van der Waals surface area contributed by atoms with Crippen LogP contribution in [0.15, 0.2) is 0 Å². The van der Waals surface area contributed by atoms with Crippen LogP contribution in [0.2, 0.25) is 0 Å². The second kappa shape index (κ2) is 9.96. The fraction of sp³-hybridized carbons (Fsp3) is 0. The zero-order valence-corrected chi connectivity index (χ0v) is 3.94. The minimum absolute atomic E-state index is 0. The largest absolute Gasteiger partial charge is 0.396 e. The van der Waals surface area contributed by atoms with E-state index in [1.807, 2.05) is 0 Å². The molecule has 0 aliphatic carbocycles. The average Bonchev–Trinajstić information content (AvgIpc) is 0.918. The van der Waals surface area contributed by atoms with E-state index in [1.54, 1.807) is 0 Å². The van der Waals surface area contributed by atoms with Crippen LogP contribution in [0.5, 0.6) is 0 Å². The van der Waals surface area contributed by atoms with Gasteiger partial charge in [0.15, 0.2) is 0 Å². The zero-order chi connectivity index (χ0) is 2.71. The summed E-state index contributed by atoms with van der Waals surface area (Å²) in [6, 6.07) is 0. The summed E-state index contributed by atoms with van der Waals surface area (Å²) in [6.07, 6.45) is 0. The molecule has 0 fully saturated rings. The molecule has 25 valence electrons. The topological polar surface area (TPSA) is 26.0 Å². The van der Waals surface area contributed by atoms with Gasteiger partial charge in [0.1, 0.15) is 0 Å². The minimum Gasteiger partial charge on any atom is -0.396 e. The van der Waals surface area contributed by atoms with E-state index >= 15 is 0 Å². The predicted molar refractivity (Wildman–Crippen MR) is 17.8 cm³/mol. The summed E-state index contributed by atoms with van der Waals surface area (Å²) >= 11 is 4.05. The Kier molecular flexibility index (Phi) is 22.0. The normalized spacial score (nSPS) is 3.00. The first-order valence-corrected chi connectivity index (χ1v) is 1.04. The molecule has 0 unspecified atom stereocenters. The summed E-state index contributed by atoms with van der Waals surface area (Å²) in [6.45, 7) is 0. The molecule has 0 aliphatic heterocycles. The molecule has 0 saturated carbocycles. The molecule has 0 aromatic rings. The van der Waals surface area contributed by atoms with Crippen LogP contribution in [0.25, 0.3) is 0 Å². The van der Waals surface area contributed by atoms with Gasteiger partial charge in [0, 0.05) is 17.1 Å². The van der Waals surface area contributed by atoms with E-state index < -0.39 is 0 Å². The van der Waals surface area contributed by atoms with Crippen molar-refractivity contribution in [3.05, 3.63) is 0 Å². The zero-order valence-electron chi connectivity index (χ0n) is 1.94. The molecule has 0 saturated heterocycles. The molecule has 0 amide bonds. The van der Waals surface area contributed by atoms with E-state index in [0.29, 0.717) is 0 Å². The van der Waals surface area contributed by atoms with E-state index in [9.17, 15) is 0 Å². The van der Waals surface area contributed by atoms with Gasteiger partial charge in [0.05, 0.1) is 5.49 Å². The van der Waals surface area contributed by atoms with Crippen LogP contribution in [-0.4, -0.2) is 5.49 Å². The predicted octanol–water partition coefficient (Wildman–Crippen LogP) is -0.100. The maximum atomic E-state index is 4.54. The number of thiocarbonyl (C=S) groups is 1. The molecule has 0 atom stereocenters. The third-order valence-corrected chi connectivity index (χ3v) is 0. The molecule has 1 radical (unpaired) electrons. The van der Waals surface area contributed by atoms with Crippen LogP contribution in [-0.2, 0) is 17.1 Å². The molecule has 0 aromatic carbocycles. The first-order valence-electron chi connectivity index (χ1n) is 0.569. The van der Waals surface area contributed by atoms with Gasteiger partial charge in [-0.3, -0.25) is 0 Å². The van der Waals surface area contributed by atoms with Crippen molar-refractivity contribution in [1.29, 1.82) is 0 Å². The van der Waals surface area contributed by atoms with Crippen molar-refractivity contribution in [2.24, 2.45) is 5.73 Å². The second-order valence-electron chi connectivity index (χ2n) is 0.136. The monoisotopic (exact) mass is 116 g/mol. The molecule has 1 nitrogen and oxygen atoms in total. The van der Waals surface area contributed by atoms with E-state index in [1.165, 1.54) is 0 Å². The fourth-order valence-electron chi connectivity index (χ4n) is 0. The Bertz CT molecular complexity index is 15.5. The van der Waals surface area contributed by atoms with Crippen LogP contribution in [0.1, 0.15) is 0 Å². The maximum Gasteiger partial charge on any atom is 0.0588 e. The molecule has 0 aromatic heterocycles. The Morgan fingerprint density at radius 1 is 1.75 bits per heavy atom. The van der Waals surface area contributed by atoms with Gasteiger partial charge in [-0.25, -0.2) is 0 Å². The van der Waals surface area contributed by atoms with Crippen LogP contribution in [0.3, 0.4) is 0 Å². The molecule has 0 rings (SSSR count). The summed E-state index contributed by atoms with van der Waals surface area (Å²) < 4.78 is 0. The van der Waals surface area contributed by atoms with Crippen molar-refractivity contribution < 1.29 is 17.1 Å².